The maximum absolute atomic E-state index is 5.96. The summed E-state index contributed by atoms with van der Waals surface area (Å²) in [6, 6.07) is 15.0. The van der Waals surface area contributed by atoms with Crippen molar-refractivity contribution in [3.8, 4) is 11.3 Å². The number of nitrogens with one attached hydrogen (secondary N) is 1. The van der Waals surface area contributed by atoms with Crippen molar-refractivity contribution in [3.05, 3.63) is 48.2 Å². The van der Waals surface area contributed by atoms with Gasteiger partial charge in [-0.2, -0.15) is 0 Å². The summed E-state index contributed by atoms with van der Waals surface area (Å²) in [4.78, 5) is 2.54. The average molecular weight is 328 g/mol. The van der Waals surface area contributed by atoms with Gasteiger partial charge in [0.2, 0.25) is 0 Å². The molecule has 130 valence electrons. The van der Waals surface area contributed by atoms with Gasteiger partial charge in [0.1, 0.15) is 11.5 Å². The van der Waals surface area contributed by atoms with Crippen molar-refractivity contribution in [2.45, 2.75) is 31.8 Å². The third-order valence-corrected chi connectivity index (χ3v) is 4.70. The molecule has 0 radical (unpaired) electrons. The number of ether oxygens (including phenoxy) is 1. The van der Waals surface area contributed by atoms with Gasteiger partial charge in [-0.3, -0.25) is 0 Å². The normalized spacial score (nSPS) is 16.5. The lowest BCUT2D eigenvalue weighted by molar-refractivity contribution is 0.152. The Labute approximate surface area is 144 Å². The van der Waals surface area contributed by atoms with Crippen LogP contribution in [-0.2, 0) is 11.3 Å². The first-order valence-corrected chi connectivity index (χ1v) is 8.94. The molecule has 0 saturated carbocycles. The third kappa shape index (κ3) is 4.94. The molecule has 2 heterocycles. The quantitative estimate of drug-likeness (QED) is 0.752. The summed E-state index contributed by atoms with van der Waals surface area (Å²) in [7, 11) is 1.77. The van der Waals surface area contributed by atoms with Gasteiger partial charge in [0.25, 0.3) is 0 Å². The van der Waals surface area contributed by atoms with E-state index in [4.69, 9.17) is 9.15 Å². The molecule has 0 amide bonds. The fourth-order valence-corrected chi connectivity index (χ4v) is 3.27. The van der Waals surface area contributed by atoms with Gasteiger partial charge in [-0.05, 0) is 44.5 Å². The summed E-state index contributed by atoms with van der Waals surface area (Å²) < 4.78 is 11.1. The van der Waals surface area contributed by atoms with E-state index in [1.165, 1.54) is 25.9 Å². The molecular formula is C20H28N2O2. The van der Waals surface area contributed by atoms with E-state index in [-0.39, 0.29) is 0 Å². The largest absolute Gasteiger partial charge is 0.460 e. The van der Waals surface area contributed by atoms with Gasteiger partial charge >= 0.3 is 0 Å². The molecule has 2 aromatic rings. The van der Waals surface area contributed by atoms with E-state index in [9.17, 15) is 0 Å². The van der Waals surface area contributed by atoms with Crippen LogP contribution in [-0.4, -0.2) is 44.3 Å². The smallest absolute Gasteiger partial charge is 0.134 e. The second-order valence-electron chi connectivity index (χ2n) is 6.48. The molecule has 0 unspecified atom stereocenters. The van der Waals surface area contributed by atoms with Crippen molar-refractivity contribution < 1.29 is 9.15 Å². The van der Waals surface area contributed by atoms with Crippen LogP contribution in [0.3, 0.4) is 0 Å². The van der Waals surface area contributed by atoms with Crippen LogP contribution in [0.5, 0.6) is 0 Å². The van der Waals surface area contributed by atoms with E-state index in [1.807, 2.05) is 18.2 Å². The zero-order valence-electron chi connectivity index (χ0n) is 14.5. The predicted molar refractivity (Wildman–Crippen MR) is 96.9 cm³/mol. The van der Waals surface area contributed by atoms with E-state index in [0.29, 0.717) is 6.04 Å². The topological polar surface area (TPSA) is 37.6 Å². The van der Waals surface area contributed by atoms with Crippen LogP contribution in [0.1, 0.15) is 25.0 Å². The van der Waals surface area contributed by atoms with Crippen LogP contribution >= 0.6 is 0 Å². The Kier molecular flexibility index (Phi) is 6.47. The Morgan fingerprint density at radius 3 is 2.67 bits per heavy atom. The molecule has 0 aliphatic carbocycles. The lowest BCUT2D eigenvalue weighted by Gasteiger charge is -2.32. The highest BCUT2D eigenvalue weighted by Crippen LogP contribution is 2.22. The van der Waals surface area contributed by atoms with Crippen LogP contribution in [0.25, 0.3) is 11.3 Å². The highest BCUT2D eigenvalue weighted by Gasteiger charge is 2.18. The minimum atomic E-state index is 0.592. The highest BCUT2D eigenvalue weighted by molar-refractivity contribution is 5.57. The van der Waals surface area contributed by atoms with E-state index < -0.39 is 0 Å². The molecule has 1 aliphatic rings. The van der Waals surface area contributed by atoms with E-state index in [0.717, 1.165) is 43.2 Å². The van der Waals surface area contributed by atoms with Gasteiger partial charge in [0.15, 0.2) is 0 Å². The number of hydrogen-bond donors (Lipinski definition) is 1. The van der Waals surface area contributed by atoms with Gasteiger partial charge in [-0.25, -0.2) is 0 Å². The number of rotatable bonds is 8. The zero-order valence-corrected chi connectivity index (χ0v) is 14.5. The average Bonchev–Trinajstić information content (AvgIpc) is 3.11. The number of methoxy groups -OCH3 is 1. The van der Waals surface area contributed by atoms with E-state index in [1.54, 1.807) is 7.11 Å². The minimum absolute atomic E-state index is 0.592. The molecule has 0 bridgehead atoms. The maximum Gasteiger partial charge on any atom is 0.134 e. The molecule has 0 spiro atoms. The molecule has 1 aromatic heterocycles. The highest BCUT2D eigenvalue weighted by atomic mass is 16.5. The Morgan fingerprint density at radius 1 is 1.12 bits per heavy atom. The Morgan fingerprint density at radius 2 is 1.92 bits per heavy atom. The molecule has 0 atom stereocenters. The van der Waals surface area contributed by atoms with E-state index in [2.05, 4.69) is 34.5 Å². The van der Waals surface area contributed by atoms with Crippen molar-refractivity contribution in [1.82, 2.24) is 10.2 Å². The molecule has 1 aromatic carbocycles. The van der Waals surface area contributed by atoms with Crippen molar-refractivity contribution in [2.75, 3.05) is 33.4 Å². The van der Waals surface area contributed by atoms with Crippen LogP contribution in [0.2, 0.25) is 0 Å². The fraction of sp³-hybridized carbons (Fsp3) is 0.500. The summed E-state index contributed by atoms with van der Waals surface area (Å²) >= 11 is 0. The molecule has 24 heavy (non-hydrogen) atoms. The van der Waals surface area contributed by atoms with Crippen molar-refractivity contribution in [1.29, 1.82) is 0 Å². The molecule has 4 heteroatoms. The van der Waals surface area contributed by atoms with Crippen molar-refractivity contribution >= 4 is 0 Å². The van der Waals surface area contributed by atoms with Crippen LogP contribution in [0.4, 0.5) is 0 Å². The number of likely N-dealkylation sites (tertiary alicyclic amines) is 1. The Bertz CT molecular complexity index is 589. The fourth-order valence-electron chi connectivity index (χ4n) is 3.27. The maximum atomic E-state index is 5.96. The standard InChI is InChI=1S/C20H28N2O2/c1-23-15-5-12-22-13-10-18(11-14-22)21-16-19-8-9-20(24-19)17-6-3-2-4-7-17/h2-4,6-9,18,21H,5,10-16H2,1H3. The first-order chi connectivity index (χ1) is 11.8. The van der Waals surface area contributed by atoms with Crippen LogP contribution < -0.4 is 5.32 Å². The first kappa shape index (κ1) is 17.2. The SMILES string of the molecule is COCCCN1CCC(NCc2ccc(-c3ccccc3)o2)CC1. The van der Waals surface area contributed by atoms with Gasteiger partial charge in [0.05, 0.1) is 6.54 Å². The summed E-state index contributed by atoms with van der Waals surface area (Å²) in [5.41, 5.74) is 1.13. The molecule has 1 fully saturated rings. The molecule has 4 nitrogen and oxygen atoms in total. The summed E-state index contributed by atoms with van der Waals surface area (Å²) in [6.07, 6.45) is 3.54. The monoisotopic (exact) mass is 328 g/mol. The molecule has 1 N–H and O–H groups in total. The molecule has 1 saturated heterocycles. The van der Waals surface area contributed by atoms with Gasteiger partial charge in [-0.15, -0.1) is 0 Å². The molecular weight excluding hydrogens is 300 g/mol. The summed E-state index contributed by atoms with van der Waals surface area (Å²) in [5, 5.41) is 3.65. The number of furan rings is 1. The van der Waals surface area contributed by atoms with Crippen LogP contribution in [0.15, 0.2) is 46.9 Å². The first-order valence-electron chi connectivity index (χ1n) is 8.94. The van der Waals surface area contributed by atoms with Gasteiger partial charge in [-0.1, -0.05) is 30.3 Å². The molecule has 3 rings (SSSR count). The van der Waals surface area contributed by atoms with Gasteiger partial charge in [0, 0.05) is 31.9 Å². The number of hydrogen-bond acceptors (Lipinski definition) is 4. The van der Waals surface area contributed by atoms with Crippen LogP contribution in [0, 0.1) is 0 Å². The predicted octanol–water partition coefficient (Wildman–Crippen LogP) is 3.54. The zero-order chi connectivity index (χ0) is 16.6. The second kappa shape index (κ2) is 9.02. The Balaban J connectivity index is 1.40. The van der Waals surface area contributed by atoms with Crippen molar-refractivity contribution in [3.63, 3.8) is 0 Å². The van der Waals surface area contributed by atoms with Gasteiger partial charge < -0.3 is 19.4 Å². The summed E-state index contributed by atoms with van der Waals surface area (Å²) in [5.74, 6) is 1.96. The number of piperidine rings is 1. The lowest BCUT2D eigenvalue weighted by Crippen LogP contribution is -2.42. The van der Waals surface area contributed by atoms with Crippen molar-refractivity contribution in [2.24, 2.45) is 0 Å². The molecule has 1 aliphatic heterocycles. The Hall–Kier alpha value is -1.62. The second-order valence-corrected chi connectivity index (χ2v) is 6.48. The number of nitrogens with zero attached hydrogens (tertiary/aromatic N) is 1. The van der Waals surface area contributed by atoms with E-state index >= 15 is 0 Å². The lowest BCUT2D eigenvalue weighted by atomic mass is 10.0. The summed E-state index contributed by atoms with van der Waals surface area (Å²) in [6.45, 7) is 5.17. The third-order valence-electron chi connectivity index (χ3n) is 4.70. The minimum Gasteiger partial charge on any atom is -0.460 e. The number of benzene rings is 1.